The quantitative estimate of drug-likeness (QED) is 0.0810. The molecule has 3 N–H and O–H groups in total. The number of halogens is 4. The lowest BCUT2D eigenvalue weighted by Gasteiger charge is -2.49. The SMILES string of the molecule is CCc1cc(Nc2ncc(Br)c(Nc3ccc4nc(C)c(F)cc4c3P(C)(C)=O)n2)c(OC)cc1N1CCC2(CCN(CC3CN(c4cc(F)c([C@H]5CCC(=O)NC5=O)c(F)c4)C3)CC2)CC1. The van der Waals surface area contributed by atoms with Gasteiger partial charge in [-0.15, -0.1) is 0 Å². The zero-order chi connectivity index (χ0) is 47.4. The van der Waals surface area contributed by atoms with Crippen LogP contribution in [-0.4, -0.2) is 97.9 Å². The van der Waals surface area contributed by atoms with E-state index in [0.29, 0.717) is 60.9 Å². The van der Waals surface area contributed by atoms with E-state index in [0.717, 1.165) is 89.3 Å². The number of likely N-dealkylation sites (tertiary alicyclic amines) is 1. The van der Waals surface area contributed by atoms with Gasteiger partial charge in [0.2, 0.25) is 17.8 Å². The number of ether oxygens (including phenoxy) is 1. The summed E-state index contributed by atoms with van der Waals surface area (Å²) in [5.41, 5.74) is 4.95. The van der Waals surface area contributed by atoms with E-state index in [1.54, 1.807) is 45.7 Å². The minimum absolute atomic E-state index is 0.0603. The van der Waals surface area contributed by atoms with Crippen LogP contribution in [0.1, 0.15) is 68.2 Å². The fourth-order valence-corrected chi connectivity index (χ4v) is 12.2. The van der Waals surface area contributed by atoms with Gasteiger partial charge in [-0.1, -0.05) is 6.92 Å². The van der Waals surface area contributed by atoms with Crippen molar-refractivity contribution in [3.05, 3.63) is 87.4 Å². The van der Waals surface area contributed by atoms with Crippen LogP contribution >= 0.6 is 23.1 Å². The van der Waals surface area contributed by atoms with Crippen molar-refractivity contribution in [1.29, 1.82) is 0 Å². The van der Waals surface area contributed by atoms with Gasteiger partial charge in [-0.2, -0.15) is 4.98 Å². The highest BCUT2D eigenvalue weighted by Gasteiger charge is 2.40. The van der Waals surface area contributed by atoms with Crippen LogP contribution in [0, 0.1) is 35.7 Å². The van der Waals surface area contributed by atoms with Gasteiger partial charge in [-0.25, -0.2) is 18.2 Å². The predicted molar refractivity (Wildman–Crippen MR) is 261 cm³/mol. The number of fused-ring (bicyclic) bond motifs is 1. The second kappa shape index (κ2) is 18.7. The molecule has 354 valence electrons. The van der Waals surface area contributed by atoms with E-state index in [-0.39, 0.29) is 24.1 Å². The largest absolute Gasteiger partial charge is 0.494 e. The maximum Gasteiger partial charge on any atom is 0.234 e. The smallest absolute Gasteiger partial charge is 0.234 e. The van der Waals surface area contributed by atoms with Gasteiger partial charge < -0.3 is 34.6 Å². The van der Waals surface area contributed by atoms with E-state index in [9.17, 15) is 18.5 Å². The van der Waals surface area contributed by atoms with Crippen molar-refractivity contribution >= 4 is 85.6 Å². The Bertz CT molecular complexity index is 2780. The minimum atomic E-state index is -2.92. The van der Waals surface area contributed by atoms with Crippen LogP contribution in [0.25, 0.3) is 10.9 Å². The van der Waals surface area contributed by atoms with Crippen LogP contribution in [0.15, 0.2) is 53.1 Å². The summed E-state index contributed by atoms with van der Waals surface area (Å²) >= 11 is 3.57. The summed E-state index contributed by atoms with van der Waals surface area (Å²) in [7, 11) is -1.27. The van der Waals surface area contributed by atoms with Crippen molar-refractivity contribution in [2.75, 3.05) is 86.7 Å². The third-order valence-electron chi connectivity index (χ3n) is 14.2. The summed E-state index contributed by atoms with van der Waals surface area (Å²) in [6.45, 7) is 13.4. The van der Waals surface area contributed by atoms with E-state index >= 15 is 8.78 Å². The predicted octanol–water partition coefficient (Wildman–Crippen LogP) is 9.16. The van der Waals surface area contributed by atoms with Crippen molar-refractivity contribution in [2.45, 2.75) is 64.7 Å². The van der Waals surface area contributed by atoms with Crippen LogP contribution in [0.2, 0.25) is 0 Å². The number of amides is 2. The molecule has 5 aromatic rings. The molecule has 0 unspecified atom stereocenters. The number of aromatic nitrogens is 3. The van der Waals surface area contributed by atoms with Gasteiger partial charge in [0.15, 0.2) is 0 Å². The first-order chi connectivity index (χ1) is 32.0. The number of benzene rings is 3. The number of pyridine rings is 1. The molecule has 18 heteroatoms. The lowest BCUT2D eigenvalue weighted by Crippen LogP contribution is -2.54. The van der Waals surface area contributed by atoms with Crippen LogP contribution in [0.3, 0.4) is 0 Å². The number of rotatable bonds is 12. The second-order valence-electron chi connectivity index (χ2n) is 19.0. The third kappa shape index (κ3) is 9.61. The molecule has 3 aromatic carbocycles. The molecule has 0 aliphatic carbocycles. The number of imide groups is 1. The normalized spacial score (nSPS) is 19.1. The first-order valence-corrected chi connectivity index (χ1v) is 26.4. The Morgan fingerprint density at radius 1 is 0.910 bits per heavy atom. The number of carbonyl (C=O) groups excluding carboxylic acids is 2. The maximum absolute atomic E-state index is 15.2. The van der Waals surface area contributed by atoms with Gasteiger partial charge in [-0.05, 0) is 135 Å². The number of aryl methyl sites for hydroxylation is 2. The van der Waals surface area contributed by atoms with Crippen LogP contribution in [0.4, 0.5) is 47.7 Å². The lowest BCUT2D eigenvalue weighted by molar-refractivity contribution is -0.134. The summed E-state index contributed by atoms with van der Waals surface area (Å²) in [5, 5.41) is 9.87. The van der Waals surface area contributed by atoms with Gasteiger partial charge >= 0.3 is 0 Å². The van der Waals surface area contributed by atoms with Crippen molar-refractivity contribution in [2.24, 2.45) is 11.3 Å². The van der Waals surface area contributed by atoms with E-state index in [1.165, 1.54) is 23.8 Å². The summed E-state index contributed by atoms with van der Waals surface area (Å²) in [6.07, 6.45) is 7.09. The van der Waals surface area contributed by atoms with Gasteiger partial charge in [0.05, 0.1) is 40.1 Å². The number of nitrogens with one attached hydrogen (secondary N) is 3. The molecular formula is C49H56BrF3N9O4P. The molecule has 67 heavy (non-hydrogen) atoms. The van der Waals surface area contributed by atoms with E-state index in [1.807, 2.05) is 4.90 Å². The summed E-state index contributed by atoms with van der Waals surface area (Å²) in [5.74, 6) is -2.20. The Hall–Kier alpha value is -5.25. The van der Waals surface area contributed by atoms with Crippen LogP contribution in [-0.2, 0) is 20.6 Å². The highest BCUT2D eigenvalue weighted by molar-refractivity contribution is 9.10. The van der Waals surface area contributed by atoms with Gasteiger partial charge in [-0.3, -0.25) is 19.9 Å². The number of hydrogen-bond donors (Lipinski definition) is 3. The van der Waals surface area contributed by atoms with Gasteiger partial charge in [0.1, 0.15) is 36.2 Å². The molecule has 0 bridgehead atoms. The Kier molecular flexibility index (Phi) is 13.1. The highest BCUT2D eigenvalue weighted by atomic mass is 79.9. The molecule has 4 aliphatic heterocycles. The Morgan fingerprint density at radius 3 is 2.27 bits per heavy atom. The zero-order valence-electron chi connectivity index (χ0n) is 38.4. The number of piperidine rings is 3. The van der Waals surface area contributed by atoms with Crippen molar-refractivity contribution in [3.63, 3.8) is 0 Å². The Morgan fingerprint density at radius 2 is 1.61 bits per heavy atom. The number of hydrogen-bond acceptors (Lipinski definition) is 12. The number of anilines is 6. The molecule has 0 saturated carbocycles. The molecule has 4 fully saturated rings. The molecule has 4 saturated heterocycles. The molecule has 2 aromatic heterocycles. The first-order valence-electron chi connectivity index (χ1n) is 23.0. The molecule has 13 nitrogen and oxygen atoms in total. The topological polar surface area (TPSA) is 145 Å². The molecule has 6 heterocycles. The fourth-order valence-electron chi connectivity index (χ4n) is 10.5. The monoisotopic (exact) mass is 1000 g/mol. The Labute approximate surface area is 397 Å². The first kappa shape index (κ1) is 46.8. The summed E-state index contributed by atoms with van der Waals surface area (Å²) in [4.78, 5) is 44.6. The van der Waals surface area contributed by atoms with Crippen molar-refractivity contribution in [3.8, 4) is 5.75 Å². The second-order valence-corrected chi connectivity index (χ2v) is 23.0. The van der Waals surface area contributed by atoms with Crippen molar-refractivity contribution < 1.29 is 32.1 Å². The van der Waals surface area contributed by atoms with Gasteiger partial charge in [0.25, 0.3) is 0 Å². The van der Waals surface area contributed by atoms with E-state index in [2.05, 4.69) is 70.7 Å². The number of carbonyl (C=O) groups is 2. The lowest BCUT2D eigenvalue weighted by atomic mass is 9.71. The molecule has 4 aliphatic rings. The van der Waals surface area contributed by atoms with E-state index in [4.69, 9.17) is 9.72 Å². The standard InChI is InChI=1S/C49H56BrF3N9O4P/c1-6-30-19-40(57-48-54-24-34(50)46(59-48)56-39-9-8-38-33(45(39)67(4,5)65)22-35(51)28(2)55-38)42(66-3)23-41(30)61-17-13-49(14-18-61)11-15-60(16-12-49)25-29-26-62(27-29)31-20-36(52)44(37(53)21-31)32-7-10-43(63)58-47(32)64/h8-9,19-24,29,32H,6-7,10-18,25-27H2,1-5H3,(H,58,63,64)(H2,54,56,57,59)/t32-/m1/s1. The van der Waals surface area contributed by atoms with Crippen LogP contribution in [0.5, 0.6) is 5.75 Å². The maximum atomic E-state index is 15.2. The van der Waals surface area contributed by atoms with E-state index < -0.39 is 42.3 Å². The summed E-state index contributed by atoms with van der Waals surface area (Å²) in [6, 6.07) is 11.8. The van der Waals surface area contributed by atoms with Crippen LogP contribution < -0.4 is 35.8 Å². The molecule has 2 amide bonds. The molecule has 1 atom stereocenters. The average molecular weight is 1000 g/mol. The molecule has 0 radical (unpaired) electrons. The molecular weight excluding hydrogens is 946 g/mol. The Balaban J connectivity index is 0.804. The van der Waals surface area contributed by atoms with Gasteiger partial charge in [0, 0.05) is 85.0 Å². The number of methoxy groups -OCH3 is 1. The minimum Gasteiger partial charge on any atom is -0.494 e. The van der Waals surface area contributed by atoms with Crippen molar-refractivity contribution in [1.82, 2.24) is 25.2 Å². The average Bonchev–Trinajstić information content (AvgIpc) is 3.27. The third-order valence-corrected chi connectivity index (χ3v) is 16.4. The number of nitrogens with zero attached hydrogens (tertiary/aromatic N) is 6. The highest BCUT2D eigenvalue weighted by Crippen LogP contribution is 2.46. The molecule has 1 spiro atoms. The summed E-state index contributed by atoms with van der Waals surface area (Å²) < 4.78 is 65.3. The fraction of sp³-hybridized carbons (Fsp3) is 0.449. The molecule has 9 rings (SSSR count). The zero-order valence-corrected chi connectivity index (χ0v) is 40.9.